The molecule has 0 unspecified atom stereocenters. The largest absolute Gasteiger partial charge is 0.497 e. The lowest BCUT2D eigenvalue weighted by atomic mass is 9.70. The normalized spacial score (nSPS) is 15.2. The lowest BCUT2D eigenvalue weighted by Crippen LogP contribution is -2.66. The fourth-order valence-corrected chi connectivity index (χ4v) is 8.64. The van der Waals surface area contributed by atoms with E-state index in [1.54, 1.807) is 130 Å². The third-order valence-corrected chi connectivity index (χ3v) is 11.7. The molecule has 1 aliphatic carbocycles. The molecule has 0 aromatic heterocycles. The molecule has 0 heterocycles. The summed E-state index contributed by atoms with van der Waals surface area (Å²) >= 11 is 0. The Balaban J connectivity index is 1.94. The Hall–Kier alpha value is -5.06. The lowest BCUT2D eigenvalue weighted by molar-refractivity contribution is -0.169. The summed E-state index contributed by atoms with van der Waals surface area (Å²) in [7, 11) is 6.31. The third-order valence-electron chi connectivity index (χ3n) is 11.7. The van der Waals surface area contributed by atoms with Gasteiger partial charge in [-0.2, -0.15) is 0 Å². The van der Waals surface area contributed by atoms with Crippen molar-refractivity contribution < 1.29 is 38.7 Å². The average Bonchev–Trinajstić information content (AvgIpc) is 3.74. The van der Waals surface area contributed by atoms with Crippen LogP contribution in [0.1, 0.15) is 88.5 Å². The van der Waals surface area contributed by atoms with Crippen molar-refractivity contribution in [2.45, 2.75) is 89.5 Å². The molecule has 10 nitrogen and oxygen atoms in total. The van der Waals surface area contributed by atoms with Crippen LogP contribution < -0.4 is 24.7 Å². The summed E-state index contributed by atoms with van der Waals surface area (Å²) < 4.78 is 22.1. The van der Waals surface area contributed by atoms with E-state index in [1.807, 2.05) is 27.7 Å². The molecule has 0 bridgehead atoms. The third kappa shape index (κ3) is 8.48. The van der Waals surface area contributed by atoms with Gasteiger partial charge in [0.25, 0.3) is 0 Å². The number of nitrogens with two attached hydrogens (primary N) is 1. The Kier molecular flexibility index (Phi) is 13.6. The number of carbonyl (C=O) groups is 2. The van der Waals surface area contributed by atoms with Crippen molar-refractivity contribution in [3.63, 3.8) is 0 Å². The smallest absolute Gasteiger partial charge is 0.239 e. The number of nitrogens with zero attached hydrogens (tertiary/aromatic N) is 1. The molecule has 4 aromatic carbocycles. The fraction of sp³-hybridized carbons (Fsp3) is 0.447. The van der Waals surface area contributed by atoms with E-state index in [-0.39, 0.29) is 37.5 Å². The highest BCUT2D eigenvalue weighted by molar-refractivity contribution is 6.05. The summed E-state index contributed by atoms with van der Waals surface area (Å²) in [6.45, 7) is 8.14. The van der Waals surface area contributed by atoms with Gasteiger partial charge >= 0.3 is 0 Å². The second-order valence-electron chi connectivity index (χ2n) is 16.1. The predicted molar refractivity (Wildman–Crippen MR) is 221 cm³/mol. The van der Waals surface area contributed by atoms with Crippen molar-refractivity contribution >= 4 is 11.8 Å². The van der Waals surface area contributed by atoms with Gasteiger partial charge in [-0.15, -0.1) is 0 Å². The highest BCUT2D eigenvalue weighted by atomic mass is 16.5. The van der Waals surface area contributed by atoms with E-state index in [2.05, 4.69) is 0 Å². The molecule has 0 radical (unpaired) electrons. The Labute approximate surface area is 337 Å². The lowest BCUT2D eigenvalue weighted by Gasteiger charge is -2.53. The van der Waals surface area contributed by atoms with Crippen LogP contribution in [-0.2, 0) is 20.8 Å². The van der Waals surface area contributed by atoms with Crippen LogP contribution in [0.2, 0.25) is 0 Å². The van der Waals surface area contributed by atoms with Gasteiger partial charge in [0, 0.05) is 0 Å². The number of hydrogen-bond acceptors (Lipinski definition) is 8. The molecule has 5 rings (SSSR count). The maximum atomic E-state index is 16.1. The van der Waals surface area contributed by atoms with Gasteiger partial charge in [0.2, 0.25) is 11.8 Å². The Bertz CT molecular complexity index is 1700. The molecule has 10 heteroatoms. The van der Waals surface area contributed by atoms with Gasteiger partial charge in [-0.25, -0.2) is 0 Å². The SMILES string of the molecule is COc1ccc(C(O)(c2ccc(OC)cc2)[C@@H](CC(C)C)N(C(=O)C2(C(N)=O)CCCC2)[C@H](CC(C)C)C(O)(c2ccc(OC)cc2)c2ccc(OC)cc2)cc1. The second kappa shape index (κ2) is 18.0. The molecule has 4 N–H and O–H groups in total. The molecule has 4 aromatic rings. The maximum Gasteiger partial charge on any atom is 0.239 e. The molecule has 2 amide bonds. The van der Waals surface area contributed by atoms with E-state index >= 15 is 4.79 Å². The molecule has 57 heavy (non-hydrogen) atoms. The van der Waals surface area contributed by atoms with E-state index in [1.165, 1.54) is 0 Å². The van der Waals surface area contributed by atoms with Crippen LogP contribution in [0.15, 0.2) is 97.1 Å². The standard InChI is InChI=1S/C47H60N2O8/c1-31(2)29-41(46(52,33-11-19-37(54-5)20-12-33)34-13-21-38(55-6)22-14-34)49(44(51)45(43(48)50)27-9-10-28-45)42(30-32(3)4)47(53,35-15-23-39(56-7)24-16-35)36-17-25-40(57-8)26-18-36/h11-26,31-32,41-42,52-53H,9-10,27-30H2,1-8H3,(H2,48,50)/t41-,42-/m1/s1. The Morgan fingerprint density at radius 3 is 1.05 bits per heavy atom. The number of benzene rings is 4. The van der Waals surface area contributed by atoms with Crippen molar-refractivity contribution in [1.82, 2.24) is 4.90 Å². The van der Waals surface area contributed by atoms with Crippen LogP contribution in [0.25, 0.3) is 0 Å². The number of methoxy groups -OCH3 is 4. The molecular weight excluding hydrogens is 721 g/mol. The zero-order chi connectivity index (χ0) is 41.5. The number of aliphatic hydroxyl groups is 2. The van der Waals surface area contributed by atoms with Crippen LogP contribution in [-0.4, -0.2) is 67.5 Å². The van der Waals surface area contributed by atoms with Crippen molar-refractivity contribution in [2.24, 2.45) is 23.0 Å². The summed E-state index contributed by atoms with van der Waals surface area (Å²) in [5.41, 5.74) is 2.93. The number of carbonyl (C=O) groups excluding carboxylic acids is 2. The summed E-state index contributed by atoms with van der Waals surface area (Å²) in [6, 6.07) is 26.5. The van der Waals surface area contributed by atoms with E-state index in [0.29, 0.717) is 58.1 Å². The summed E-state index contributed by atoms with van der Waals surface area (Å²) in [6.07, 6.45) is 2.35. The number of hydrogen-bond donors (Lipinski definition) is 3. The maximum absolute atomic E-state index is 16.1. The van der Waals surface area contributed by atoms with E-state index in [0.717, 1.165) is 0 Å². The molecular formula is C47H60N2O8. The molecule has 0 saturated heterocycles. The van der Waals surface area contributed by atoms with Gasteiger partial charge < -0.3 is 39.8 Å². The van der Waals surface area contributed by atoms with Gasteiger partial charge in [-0.1, -0.05) is 89.1 Å². The van der Waals surface area contributed by atoms with Crippen LogP contribution in [0.3, 0.4) is 0 Å². The molecule has 0 aliphatic heterocycles. The van der Waals surface area contributed by atoms with E-state index < -0.39 is 40.5 Å². The summed E-state index contributed by atoms with van der Waals surface area (Å²) in [4.78, 5) is 31.6. The molecule has 1 saturated carbocycles. The first-order chi connectivity index (χ1) is 27.2. The topological polar surface area (TPSA) is 141 Å². The van der Waals surface area contributed by atoms with Gasteiger partial charge in [0.05, 0.1) is 40.5 Å². The van der Waals surface area contributed by atoms with Crippen LogP contribution >= 0.6 is 0 Å². The van der Waals surface area contributed by atoms with Crippen LogP contribution in [0.5, 0.6) is 23.0 Å². The fourth-order valence-electron chi connectivity index (χ4n) is 8.64. The zero-order valence-corrected chi connectivity index (χ0v) is 34.7. The van der Waals surface area contributed by atoms with Gasteiger partial charge in [0.1, 0.15) is 39.6 Å². The molecule has 0 spiro atoms. The van der Waals surface area contributed by atoms with Crippen LogP contribution in [0.4, 0.5) is 0 Å². The number of ether oxygens (including phenoxy) is 4. The minimum atomic E-state index is -1.90. The number of rotatable bonds is 18. The first kappa shape index (κ1) is 43.1. The van der Waals surface area contributed by atoms with E-state index in [9.17, 15) is 15.0 Å². The minimum absolute atomic E-state index is 0.0730. The van der Waals surface area contributed by atoms with Gasteiger partial charge in [-0.3, -0.25) is 9.59 Å². The first-order valence-electron chi connectivity index (χ1n) is 19.8. The molecule has 306 valence electrons. The summed E-state index contributed by atoms with van der Waals surface area (Å²) in [5.74, 6) is 0.999. The minimum Gasteiger partial charge on any atom is -0.497 e. The molecule has 1 aliphatic rings. The second-order valence-corrected chi connectivity index (χ2v) is 16.1. The molecule has 1 fully saturated rings. The van der Waals surface area contributed by atoms with Crippen molar-refractivity contribution in [2.75, 3.05) is 28.4 Å². The van der Waals surface area contributed by atoms with Gasteiger partial charge in [-0.05, 0) is 108 Å². The van der Waals surface area contributed by atoms with Crippen molar-refractivity contribution in [1.29, 1.82) is 0 Å². The Morgan fingerprint density at radius 2 is 0.842 bits per heavy atom. The highest BCUT2D eigenvalue weighted by Gasteiger charge is 2.58. The van der Waals surface area contributed by atoms with Crippen molar-refractivity contribution in [3.05, 3.63) is 119 Å². The average molecular weight is 781 g/mol. The van der Waals surface area contributed by atoms with Crippen LogP contribution in [0, 0.1) is 17.3 Å². The highest BCUT2D eigenvalue weighted by Crippen LogP contribution is 2.50. The monoisotopic (exact) mass is 780 g/mol. The quantitative estimate of drug-likeness (QED) is 0.0878. The number of primary amides is 1. The van der Waals surface area contributed by atoms with Gasteiger partial charge in [0.15, 0.2) is 0 Å². The molecule has 2 atom stereocenters. The predicted octanol–water partition coefficient (Wildman–Crippen LogP) is 7.60. The van der Waals surface area contributed by atoms with Crippen molar-refractivity contribution in [3.8, 4) is 23.0 Å². The zero-order valence-electron chi connectivity index (χ0n) is 34.7. The van der Waals surface area contributed by atoms with E-state index in [4.69, 9.17) is 24.7 Å². The summed E-state index contributed by atoms with van der Waals surface area (Å²) in [5, 5.41) is 27.8. The number of amides is 2. The Morgan fingerprint density at radius 1 is 0.579 bits per heavy atom. The first-order valence-corrected chi connectivity index (χ1v) is 19.8.